The lowest BCUT2D eigenvalue weighted by Gasteiger charge is -2.08. The Morgan fingerprint density at radius 1 is 1.16 bits per heavy atom. The molecule has 0 fully saturated rings. The van der Waals surface area contributed by atoms with Crippen LogP contribution in [0.25, 0.3) is 0 Å². The van der Waals surface area contributed by atoms with Gasteiger partial charge in [-0.05, 0) is 36.4 Å². The Hall–Kier alpha value is -2.68. The number of halogens is 2. The molecule has 0 aliphatic rings. The van der Waals surface area contributed by atoms with Crippen LogP contribution >= 0.6 is 0 Å². The fourth-order valence-electron chi connectivity index (χ4n) is 1.46. The number of pyridine rings is 1. The van der Waals surface area contributed by atoms with E-state index in [2.05, 4.69) is 15.0 Å². The fourth-order valence-corrected chi connectivity index (χ4v) is 1.46. The molecule has 0 atom stereocenters. The molecule has 0 bridgehead atoms. The third kappa shape index (κ3) is 3.64. The lowest BCUT2D eigenvalue weighted by Crippen LogP contribution is -2.01. The van der Waals surface area contributed by atoms with E-state index in [9.17, 15) is 8.78 Å². The van der Waals surface area contributed by atoms with E-state index < -0.39 is 6.61 Å². The minimum absolute atomic E-state index is 0.0907. The van der Waals surface area contributed by atoms with Gasteiger partial charge in [-0.1, -0.05) is 0 Å². The van der Waals surface area contributed by atoms with E-state index in [1.54, 1.807) is 24.3 Å². The lowest BCUT2D eigenvalue weighted by molar-refractivity contribution is -0.0498. The van der Waals surface area contributed by atoms with Crippen molar-refractivity contribution in [3.63, 3.8) is 0 Å². The normalized spacial score (nSPS) is 10.0. The van der Waals surface area contributed by atoms with Crippen molar-refractivity contribution in [2.24, 2.45) is 0 Å². The Bertz CT molecular complexity index is 594. The molecule has 96 valence electrons. The summed E-state index contributed by atoms with van der Waals surface area (Å²) in [4.78, 5) is 3.84. The standard InChI is InChI=1S/C13H9F2N3O/c14-13(15)19-12-3-1-9(2-4-12)18-10-5-6-17-11(7-10)8-16/h1-7,13H,(H,17,18). The maximum Gasteiger partial charge on any atom is 0.387 e. The van der Waals surface area contributed by atoms with Crippen LogP contribution in [-0.4, -0.2) is 11.6 Å². The molecule has 0 saturated carbocycles. The number of alkyl halides is 2. The van der Waals surface area contributed by atoms with E-state index >= 15 is 0 Å². The van der Waals surface area contributed by atoms with Gasteiger partial charge in [0, 0.05) is 17.6 Å². The second kappa shape index (κ2) is 5.78. The summed E-state index contributed by atoms with van der Waals surface area (Å²) >= 11 is 0. The summed E-state index contributed by atoms with van der Waals surface area (Å²) in [6.07, 6.45) is 1.51. The first-order chi connectivity index (χ1) is 9.17. The Labute approximate surface area is 108 Å². The van der Waals surface area contributed by atoms with Gasteiger partial charge in [0.1, 0.15) is 17.5 Å². The summed E-state index contributed by atoms with van der Waals surface area (Å²) in [5.41, 5.74) is 1.67. The van der Waals surface area contributed by atoms with Gasteiger partial charge in [-0.2, -0.15) is 14.0 Å². The molecule has 0 amide bonds. The zero-order valence-electron chi connectivity index (χ0n) is 9.68. The van der Waals surface area contributed by atoms with E-state index in [1.807, 2.05) is 6.07 Å². The van der Waals surface area contributed by atoms with Crippen molar-refractivity contribution in [1.82, 2.24) is 4.98 Å². The highest BCUT2D eigenvalue weighted by Gasteiger charge is 2.04. The number of benzene rings is 1. The van der Waals surface area contributed by atoms with Gasteiger partial charge in [0.15, 0.2) is 0 Å². The van der Waals surface area contributed by atoms with Crippen LogP contribution in [0.15, 0.2) is 42.6 Å². The number of aromatic nitrogens is 1. The Balaban J connectivity index is 2.09. The summed E-state index contributed by atoms with van der Waals surface area (Å²) in [6.45, 7) is -2.84. The molecule has 0 saturated heterocycles. The van der Waals surface area contributed by atoms with Gasteiger partial charge in [0.2, 0.25) is 0 Å². The number of nitrogens with one attached hydrogen (secondary N) is 1. The molecule has 1 aromatic carbocycles. The highest BCUT2D eigenvalue weighted by atomic mass is 19.3. The van der Waals surface area contributed by atoms with Crippen molar-refractivity contribution in [1.29, 1.82) is 5.26 Å². The molecular weight excluding hydrogens is 252 g/mol. The van der Waals surface area contributed by atoms with Crippen molar-refractivity contribution in [3.8, 4) is 11.8 Å². The number of ether oxygens (including phenoxy) is 1. The number of nitrogens with zero attached hydrogens (tertiary/aromatic N) is 2. The average Bonchev–Trinajstić information content (AvgIpc) is 2.41. The van der Waals surface area contributed by atoms with Gasteiger partial charge in [0.05, 0.1) is 0 Å². The average molecular weight is 261 g/mol. The highest BCUT2D eigenvalue weighted by molar-refractivity contribution is 5.60. The molecule has 0 unspecified atom stereocenters. The Morgan fingerprint density at radius 2 is 1.89 bits per heavy atom. The first-order valence-corrected chi connectivity index (χ1v) is 5.35. The van der Waals surface area contributed by atoms with Crippen LogP contribution in [-0.2, 0) is 0 Å². The summed E-state index contributed by atoms with van der Waals surface area (Å²) in [6, 6.07) is 11.3. The molecule has 0 radical (unpaired) electrons. The van der Waals surface area contributed by atoms with E-state index in [4.69, 9.17) is 5.26 Å². The third-order valence-electron chi connectivity index (χ3n) is 2.24. The monoisotopic (exact) mass is 261 g/mol. The van der Waals surface area contributed by atoms with Crippen LogP contribution < -0.4 is 10.1 Å². The number of anilines is 2. The van der Waals surface area contributed by atoms with Crippen LogP contribution in [0.4, 0.5) is 20.2 Å². The Kier molecular flexibility index (Phi) is 3.88. The van der Waals surface area contributed by atoms with Gasteiger partial charge < -0.3 is 10.1 Å². The van der Waals surface area contributed by atoms with Gasteiger partial charge in [-0.15, -0.1) is 0 Å². The van der Waals surface area contributed by atoms with Crippen LogP contribution in [0.2, 0.25) is 0 Å². The predicted molar refractivity (Wildman–Crippen MR) is 65.3 cm³/mol. The zero-order chi connectivity index (χ0) is 13.7. The van der Waals surface area contributed by atoms with E-state index in [1.165, 1.54) is 18.3 Å². The molecule has 2 aromatic rings. The molecule has 0 spiro atoms. The SMILES string of the molecule is N#Cc1cc(Nc2ccc(OC(F)F)cc2)ccn1. The van der Waals surface area contributed by atoms with E-state index in [0.29, 0.717) is 17.1 Å². The van der Waals surface area contributed by atoms with Crippen LogP contribution in [0, 0.1) is 11.3 Å². The Morgan fingerprint density at radius 3 is 2.53 bits per heavy atom. The topological polar surface area (TPSA) is 57.9 Å². The quantitative estimate of drug-likeness (QED) is 0.917. The first-order valence-electron chi connectivity index (χ1n) is 5.35. The number of hydrogen-bond acceptors (Lipinski definition) is 4. The van der Waals surface area contributed by atoms with Crippen LogP contribution in [0.3, 0.4) is 0 Å². The third-order valence-corrected chi connectivity index (χ3v) is 2.24. The second-order valence-corrected chi connectivity index (χ2v) is 3.57. The molecule has 2 rings (SSSR count). The summed E-state index contributed by atoms with van der Waals surface area (Å²) < 4.78 is 28.2. The van der Waals surface area contributed by atoms with Gasteiger partial charge in [0.25, 0.3) is 0 Å². The van der Waals surface area contributed by atoms with Gasteiger partial charge >= 0.3 is 6.61 Å². The summed E-state index contributed by atoms with van der Waals surface area (Å²) in [5.74, 6) is 0.0907. The van der Waals surface area contributed by atoms with Gasteiger partial charge in [-0.25, -0.2) is 4.98 Å². The summed E-state index contributed by atoms with van der Waals surface area (Å²) in [5, 5.41) is 11.7. The smallest absolute Gasteiger partial charge is 0.387 e. The zero-order valence-corrected chi connectivity index (χ0v) is 9.68. The highest BCUT2D eigenvalue weighted by Crippen LogP contribution is 2.21. The fraction of sp³-hybridized carbons (Fsp3) is 0.0769. The molecule has 1 N–H and O–H groups in total. The van der Waals surface area contributed by atoms with Gasteiger partial charge in [-0.3, -0.25) is 0 Å². The minimum atomic E-state index is -2.84. The number of hydrogen-bond donors (Lipinski definition) is 1. The molecule has 1 aromatic heterocycles. The maximum atomic E-state index is 12.0. The van der Waals surface area contributed by atoms with Crippen LogP contribution in [0.5, 0.6) is 5.75 Å². The van der Waals surface area contributed by atoms with E-state index in [0.717, 1.165) is 0 Å². The van der Waals surface area contributed by atoms with Crippen molar-refractivity contribution >= 4 is 11.4 Å². The minimum Gasteiger partial charge on any atom is -0.435 e. The molecule has 0 aliphatic carbocycles. The molecule has 19 heavy (non-hydrogen) atoms. The largest absolute Gasteiger partial charge is 0.435 e. The lowest BCUT2D eigenvalue weighted by atomic mass is 10.2. The molecule has 1 heterocycles. The second-order valence-electron chi connectivity index (χ2n) is 3.57. The van der Waals surface area contributed by atoms with Crippen molar-refractivity contribution < 1.29 is 13.5 Å². The van der Waals surface area contributed by atoms with Crippen molar-refractivity contribution in [2.45, 2.75) is 6.61 Å². The molecule has 0 aliphatic heterocycles. The van der Waals surface area contributed by atoms with E-state index in [-0.39, 0.29) is 5.75 Å². The van der Waals surface area contributed by atoms with Crippen LogP contribution in [0.1, 0.15) is 5.69 Å². The number of nitriles is 1. The predicted octanol–water partition coefficient (Wildman–Crippen LogP) is 3.30. The van der Waals surface area contributed by atoms with Crippen molar-refractivity contribution in [3.05, 3.63) is 48.3 Å². The molecular formula is C13H9F2N3O. The summed E-state index contributed by atoms with van der Waals surface area (Å²) in [7, 11) is 0. The molecule has 4 nitrogen and oxygen atoms in total. The van der Waals surface area contributed by atoms with Crippen molar-refractivity contribution in [2.75, 3.05) is 5.32 Å². The number of rotatable bonds is 4. The molecule has 6 heteroatoms. The maximum absolute atomic E-state index is 12.0. The first kappa shape index (κ1) is 12.8.